The van der Waals surface area contributed by atoms with E-state index >= 15 is 0 Å². The van der Waals surface area contributed by atoms with E-state index in [0.717, 1.165) is 38.3 Å². The largest absolute Gasteiger partial charge is 0.327 e. The third-order valence-corrected chi connectivity index (χ3v) is 4.81. The minimum Gasteiger partial charge on any atom is -0.327 e. The second-order valence-corrected chi connectivity index (χ2v) is 6.70. The molecule has 0 radical (unpaired) electrons. The zero-order valence-corrected chi connectivity index (χ0v) is 14.4. The number of carbonyl (C=O) groups is 1. The highest BCUT2D eigenvalue weighted by molar-refractivity contribution is 7.09. The summed E-state index contributed by atoms with van der Waals surface area (Å²) in [5, 5.41) is 4.99. The molecule has 1 aromatic carbocycles. The third kappa shape index (κ3) is 4.85. The second-order valence-electron chi connectivity index (χ2n) is 5.67. The van der Waals surface area contributed by atoms with Gasteiger partial charge in [-0.3, -0.25) is 4.90 Å². The number of urea groups is 1. The van der Waals surface area contributed by atoms with E-state index in [4.69, 9.17) is 0 Å². The first-order valence-corrected chi connectivity index (χ1v) is 9.01. The maximum atomic E-state index is 12.2. The summed E-state index contributed by atoms with van der Waals surface area (Å²) in [6.07, 6.45) is 0. The molecule has 3 rings (SSSR count). The Morgan fingerprint density at radius 2 is 1.88 bits per heavy atom. The van der Waals surface area contributed by atoms with E-state index in [1.807, 2.05) is 35.2 Å². The minimum atomic E-state index is -0.0202. The topological polar surface area (TPSA) is 35.6 Å². The Labute approximate surface area is 147 Å². The molecule has 5 heteroatoms. The summed E-state index contributed by atoms with van der Waals surface area (Å²) in [5.74, 6) is 6.04. The molecule has 0 spiro atoms. The van der Waals surface area contributed by atoms with Crippen LogP contribution in [-0.2, 0) is 6.54 Å². The van der Waals surface area contributed by atoms with Gasteiger partial charge in [-0.05, 0) is 23.6 Å². The molecule has 1 aliphatic rings. The Morgan fingerprint density at radius 3 is 2.58 bits per heavy atom. The molecule has 1 aromatic heterocycles. The van der Waals surface area contributed by atoms with Gasteiger partial charge in [0.25, 0.3) is 0 Å². The SMILES string of the molecule is O=C(NCC#Cc1ccccc1)N1CCN(Cc2cccs2)CC1. The normalized spacial score (nSPS) is 14.8. The van der Waals surface area contributed by atoms with Crippen molar-refractivity contribution in [1.82, 2.24) is 15.1 Å². The molecular weight excluding hydrogens is 318 g/mol. The van der Waals surface area contributed by atoms with Crippen molar-refractivity contribution < 1.29 is 4.79 Å². The number of piperazine rings is 1. The van der Waals surface area contributed by atoms with Crippen LogP contribution in [0.15, 0.2) is 47.8 Å². The Balaban J connectivity index is 1.38. The van der Waals surface area contributed by atoms with E-state index < -0.39 is 0 Å². The van der Waals surface area contributed by atoms with Crippen LogP contribution >= 0.6 is 11.3 Å². The lowest BCUT2D eigenvalue weighted by atomic mass is 10.2. The van der Waals surface area contributed by atoms with Crippen molar-refractivity contribution >= 4 is 17.4 Å². The van der Waals surface area contributed by atoms with Gasteiger partial charge in [-0.2, -0.15) is 0 Å². The zero-order valence-electron chi connectivity index (χ0n) is 13.6. The maximum absolute atomic E-state index is 12.2. The number of amides is 2. The summed E-state index contributed by atoms with van der Waals surface area (Å²) in [6.45, 7) is 4.73. The highest BCUT2D eigenvalue weighted by Gasteiger charge is 2.20. The van der Waals surface area contributed by atoms with Crippen LogP contribution in [0.1, 0.15) is 10.4 Å². The van der Waals surface area contributed by atoms with Gasteiger partial charge in [0.1, 0.15) is 0 Å². The Morgan fingerprint density at radius 1 is 1.08 bits per heavy atom. The third-order valence-electron chi connectivity index (χ3n) is 3.95. The molecule has 4 nitrogen and oxygen atoms in total. The first-order chi connectivity index (χ1) is 11.8. The number of carbonyl (C=O) groups excluding carboxylic acids is 1. The van der Waals surface area contributed by atoms with Crippen LogP contribution in [0.5, 0.6) is 0 Å². The van der Waals surface area contributed by atoms with Gasteiger partial charge in [-0.15, -0.1) is 11.3 Å². The van der Waals surface area contributed by atoms with Gasteiger partial charge in [0, 0.05) is 43.2 Å². The van der Waals surface area contributed by atoms with Gasteiger partial charge in [0.05, 0.1) is 6.54 Å². The van der Waals surface area contributed by atoms with Gasteiger partial charge in [0.15, 0.2) is 0 Å². The van der Waals surface area contributed by atoms with Crippen molar-refractivity contribution in [2.45, 2.75) is 6.54 Å². The molecule has 2 aromatic rings. The molecule has 2 amide bonds. The van der Waals surface area contributed by atoms with Crippen molar-refractivity contribution in [2.24, 2.45) is 0 Å². The summed E-state index contributed by atoms with van der Waals surface area (Å²) in [7, 11) is 0. The molecule has 0 atom stereocenters. The van der Waals surface area contributed by atoms with Crippen LogP contribution in [0.4, 0.5) is 4.79 Å². The van der Waals surface area contributed by atoms with E-state index in [2.05, 4.69) is 39.6 Å². The average Bonchev–Trinajstić information content (AvgIpc) is 3.13. The van der Waals surface area contributed by atoms with Crippen molar-refractivity contribution in [2.75, 3.05) is 32.7 Å². The minimum absolute atomic E-state index is 0.0202. The van der Waals surface area contributed by atoms with Gasteiger partial charge in [-0.1, -0.05) is 36.1 Å². The maximum Gasteiger partial charge on any atom is 0.318 e. The van der Waals surface area contributed by atoms with Gasteiger partial charge in [0.2, 0.25) is 0 Å². The fourth-order valence-electron chi connectivity index (χ4n) is 2.63. The smallest absolute Gasteiger partial charge is 0.318 e. The molecular formula is C19H21N3OS. The van der Waals surface area contributed by atoms with Crippen molar-refractivity contribution in [1.29, 1.82) is 0 Å². The van der Waals surface area contributed by atoms with Gasteiger partial charge < -0.3 is 10.2 Å². The standard InChI is InChI=1S/C19H21N3OS/c23-19(20-10-4-8-17-6-2-1-3-7-17)22-13-11-21(12-14-22)16-18-9-5-15-24-18/h1-3,5-7,9,15H,10-14,16H2,(H,20,23). The number of thiophene rings is 1. The predicted octanol–water partition coefficient (Wildman–Crippen LogP) is 2.63. The predicted molar refractivity (Wildman–Crippen MR) is 97.9 cm³/mol. The van der Waals surface area contributed by atoms with Crippen LogP contribution < -0.4 is 5.32 Å². The number of hydrogen-bond donors (Lipinski definition) is 1. The van der Waals surface area contributed by atoms with E-state index in [1.165, 1.54) is 4.88 Å². The van der Waals surface area contributed by atoms with Crippen molar-refractivity contribution in [3.05, 3.63) is 58.3 Å². The molecule has 24 heavy (non-hydrogen) atoms. The zero-order chi connectivity index (χ0) is 16.6. The van der Waals surface area contributed by atoms with Gasteiger partial charge >= 0.3 is 6.03 Å². The van der Waals surface area contributed by atoms with Crippen LogP contribution in [0, 0.1) is 11.8 Å². The molecule has 1 aliphatic heterocycles. The molecule has 124 valence electrons. The molecule has 0 aliphatic carbocycles. The lowest BCUT2D eigenvalue weighted by molar-refractivity contribution is 0.136. The van der Waals surface area contributed by atoms with Crippen molar-refractivity contribution in [3.63, 3.8) is 0 Å². The number of hydrogen-bond acceptors (Lipinski definition) is 3. The molecule has 2 heterocycles. The summed E-state index contributed by atoms with van der Waals surface area (Å²) in [4.78, 5) is 17.8. The molecule has 0 bridgehead atoms. The van der Waals surface area contributed by atoms with E-state index in [9.17, 15) is 4.79 Å². The van der Waals surface area contributed by atoms with Gasteiger partial charge in [-0.25, -0.2) is 4.79 Å². The lowest BCUT2D eigenvalue weighted by Gasteiger charge is -2.34. The number of nitrogens with zero attached hydrogens (tertiary/aromatic N) is 2. The summed E-state index contributed by atoms with van der Waals surface area (Å²) in [5.41, 5.74) is 0.967. The summed E-state index contributed by atoms with van der Waals surface area (Å²) in [6, 6.07) is 14.0. The summed E-state index contributed by atoms with van der Waals surface area (Å²) >= 11 is 1.79. The summed E-state index contributed by atoms with van der Waals surface area (Å²) < 4.78 is 0. The lowest BCUT2D eigenvalue weighted by Crippen LogP contribution is -2.51. The average molecular weight is 339 g/mol. The fraction of sp³-hybridized carbons (Fsp3) is 0.316. The first-order valence-electron chi connectivity index (χ1n) is 8.13. The highest BCUT2D eigenvalue weighted by atomic mass is 32.1. The highest BCUT2D eigenvalue weighted by Crippen LogP contribution is 2.13. The van der Waals surface area contributed by atoms with E-state index in [0.29, 0.717) is 6.54 Å². The van der Waals surface area contributed by atoms with Crippen LogP contribution in [-0.4, -0.2) is 48.6 Å². The fourth-order valence-corrected chi connectivity index (χ4v) is 3.38. The Bertz CT molecular complexity index is 695. The first kappa shape index (κ1) is 16.6. The van der Waals surface area contributed by atoms with E-state index in [-0.39, 0.29) is 6.03 Å². The van der Waals surface area contributed by atoms with Crippen LogP contribution in [0.25, 0.3) is 0 Å². The van der Waals surface area contributed by atoms with E-state index in [1.54, 1.807) is 11.3 Å². The Hall–Kier alpha value is -2.29. The molecule has 0 saturated carbocycles. The monoisotopic (exact) mass is 339 g/mol. The molecule has 1 saturated heterocycles. The molecule has 0 unspecified atom stereocenters. The number of benzene rings is 1. The Kier molecular flexibility index (Phi) is 5.89. The van der Waals surface area contributed by atoms with Crippen molar-refractivity contribution in [3.8, 4) is 11.8 Å². The second kappa shape index (κ2) is 8.53. The van der Waals surface area contributed by atoms with Crippen LogP contribution in [0.2, 0.25) is 0 Å². The molecule has 1 fully saturated rings. The number of nitrogens with one attached hydrogen (secondary N) is 1. The quantitative estimate of drug-likeness (QED) is 0.873. The van der Waals surface area contributed by atoms with Crippen LogP contribution in [0.3, 0.4) is 0 Å². The molecule has 1 N–H and O–H groups in total. The number of rotatable bonds is 3.